The van der Waals surface area contributed by atoms with E-state index in [1.54, 1.807) is 13.8 Å². The van der Waals surface area contributed by atoms with Gasteiger partial charge in [0.15, 0.2) is 12.6 Å². The fraction of sp³-hybridized carbons (Fsp3) is 1.00. The summed E-state index contributed by atoms with van der Waals surface area (Å²) in [4.78, 5) is 0. The van der Waals surface area contributed by atoms with Crippen LogP contribution >= 0.6 is 0 Å². The van der Waals surface area contributed by atoms with Gasteiger partial charge in [-0.3, -0.25) is 0 Å². The summed E-state index contributed by atoms with van der Waals surface area (Å²) in [5, 5.41) is 96.4. The Bertz CT molecular complexity index is 1330. The zero-order valence-corrected chi connectivity index (χ0v) is 32.5. The molecule has 2 saturated heterocycles. The Kier molecular flexibility index (Phi) is 10.6. The molecule has 13 nitrogen and oxygen atoms in total. The molecule has 9 N–H and O–H groups in total. The lowest BCUT2D eigenvalue weighted by Gasteiger charge is -2.64. The first-order valence-electron chi connectivity index (χ1n) is 20.3. The van der Waals surface area contributed by atoms with Gasteiger partial charge in [-0.05, 0) is 123 Å². The number of ether oxygens (including phenoxy) is 4. The minimum atomic E-state index is -1.58. The van der Waals surface area contributed by atoms with E-state index in [9.17, 15) is 46.0 Å². The standard InChI is InChI=1S/C40H68O13/c1-20(7-10-26(45)36(4,5)49)28-21(42)15-40(19-41)25-9-8-24-35(2,3)27(11-12-38(24)18-39(25,38)14-13-37(28,40)6)52-34-32(30(47)23(44)17-51-34)53-33-31(48)29(46)22(43)16-50-33/h20-34,41-49H,7-19H2,1-6H3/t20-,21+,22+,23-,24+,25+,26-,27-,28+,29+,30-,31+,32-,33-,34-,37+,38+,39-,40-/m0/s1. The van der Waals surface area contributed by atoms with Crippen molar-refractivity contribution in [1.29, 1.82) is 0 Å². The van der Waals surface area contributed by atoms with E-state index in [0.29, 0.717) is 25.2 Å². The lowest BCUT2D eigenvalue weighted by Crippen LogP contribution is -2.62. The van der Waals surface area contributed by atoms with Crippen LogP contribution in [0.2, 0.25) is 0 Å². The van der Waals surface area contributed by atoms with Crippen molar-refractivity contribution in [2.45, 2.75) is 179 Å². The molecule has 306 valence electrons. The van der Waals surface area contributed by atoms with Crippen LogP contribution in [0.4, 0.5) is 0 Å². The van der Waals surface area contributed by atoms with Gasteiger partial charge < -0.3 is 64.9 Å². The normalized spacial score (nSPS) is 53.2. The minimum Gasteiger partial charge on any atom is -0.396 e. The van der Waals surface area contributed by atoms with Gasteiger partial charge in [-0.2, -0.15) is 0 Å². The van der Waals surface area contributed by atoms with Crippen LogP contribution in [0, 0.1) is 50.7 Å². The highest BCUT2D eigenvalue weighted by Crippen LogP contribution is 2.89. The van der Waals surface area contributed by atoms with E-state index in [0.717, 1.165) is 44.9 Å². The van der Waals surface area contributed by atoms with Crippen molar-refractivity contribution < 1.29 is 64.9 Å². The Morgan fingerprint density at radius 2 is 1.38 bits per heavy atom. The van der Waals surface area contributed by atoms with Crippen molar-refractivity contribution >= 4 is 0 Å². The number of hydrogen-bond acceptors (Lipinski definition) is 13. The molecular formula is C40H68O13. The van der Waals surface area contributed by atoms with Crippen LogP contribution in [0.3, 0.4) is 0 Å². The Morgan fingerprint density at radius 1 is 0.755 bits per heavy atom. The molecule has 5 aliphatic carbocycles. The maximum absolute atomic E-state index is 11.8. The molecular weight excluding hydrogens is 688 g/mol. The molecule has 0 amide bonds. The molecule has 53 heavy (non-hydrogen) atoms. The van der Waals surface area contributed by atoms with E-state index in [1.807, 2.05) is 0 Å². The third-order valence-corrected chi connectivity index (χ3v) is 16.9. The van der Waals surface area contributed by atoms with E-state index in [2.05, 4.69) is 27.7 Å². The van der Waals surface area contributed by atoms with Gasteiger partial charge in [-0.15, -0.1) is 0 Å². The molecule has 0 radical (unpaired) electrons. The van der Waals surface area contributed by atoms with E-state index in [4.69, 9.17) is 18.9 Å². The van der Waals surface area contributed by atoms with Crippen LogP contribution < -0.4 is 0 Å². The van der Waals surface area contributed by atoms with Gasteiger partial charge >= 0.3 is 0 Å². The number of hydrogen-bond donors (Lipinski definition) is 9. The molecule has 5 saturated carbocycles. The first-order valence-corrected chi connectivity index (χ1v) is 20.3. The van der Waals surface area contributed by atoms with Gasteiger partial charge in [0, 0.05) is 12.0 Å². The third kappa shape index (κ3) is 6.04. The van der Waals surface area contributed by atoms with Gasteiger partial charge in [-0.25, -0.2) is 0 Å². The van der Waals surface area contributed by atoms with E-state index < -0.39 is 72.4 Å². The Balaban J connectivity index is 1.08. The van der Waals surface area contributed by atoms with Crippen molar-refractivity contribution in [1.82, 2.24) is 0 Å². The highest BCUT2D eigenvalue weighted by Gasteiger charge is 2.83. The molecule has 0 aromatic carbocycles. The molecule has 0 bridgehead atoms. The van der Waals surface area contributed by atoms with Crippen molar-refractivity contribution in [2.24, 2.45) is 50.7 Å². The zero-order valence-electron chi connectivity index (χ0n) is 32.5. The molecule has 2 spiro atoms. The van der Waals surface area contributed by atoms with Crippen molar-refractivity contribution in [2.75, 3.05) is 19.8 Å². The smallest absolute Gasteiger partial charge is 0.186 e. The van der Waals surface area contributed by atoms with Gasteiger partial charge in [-0.1, -0.05) is 27.7 Å². The van der Waals surface area contributed by atoms with Gasteiger partial charge in [0.05, 0.1) is 37.1 Å². The lowest BCUT2D eigenvalue weighted by molar-refractivity contribution is -0.355. The molecule has 19 atom stereocenters. The maximum Gasteiger partial charge on any atom is 0.186 e. The van der Waals surface area contributed by atoms with Crippen LogP contribution in [0.25, 0.3) is 0 Å². The zero-order chi connectivity index (χ0) is 38.7. The Labute approximate surface area is 314 Å². The molecule has 2 heterocycles. The predicted octanol–water partition coefficient (Wildman–Crippen LogP) is 1.20. The average Bonchev–Trinajstić information content (AvgIpc) is 3.69. The molecule has 13 heteroatoms. The highest BCUT2D eigenvalue weighted by atomic mass is 16.7. The molecule has 7 aliphatic rings. The number of aliphatic hydroxyl groups is 9. The molecule has 7 fully saturated rings. The van der Waals surface area contributed by atoms with Crippen LogP contribution in [-0.4, -0.2) is 139 Å². The molecule has 7 rings (SSSR count). The fourth-order valence-electron chi connectivity index (χ4n) is 14.0. The monoisotopic (exact) mass is 756 g/mol. The summed E-state index contributed by atoms with van der Waals surface area (Å²) < 4.78 is 24.1. The largest absolute Gasteiger partial charge is 0.396 e. The van der Waals surface area contributed by atoms with Crippen LogP contribution in [0.15, 0.2) is 0 Å². The summed E-state index contributed by atoms with van der Waals surface area (Å²) in [6.45, 7) is 11.8. The van der Waals surface area contributed by atoms with Crippen molar-refractivity contribution in [3.8, 4) is 0 Å². The maximum atomic E-state index is 11.8. The van der Waals surface area contributed by atoms with Gasteiger partial charge in [0.2, 0.25) is 0 Å². The van der Waals surface area contributed by atoms with Crippen molar-refractivity contribution in [3.05, 3.63) is 0 Å². The summed E-state index contributed by atoms with van der Waals surface area (Å²) in [6, 6.07) is 0. The van der Waals surface area contributed by atoms with Crippen molar-refractivity contribution in [3.63, 3.8) is 0 Å². The van der Waals surface area contributed by atoms with E-state index in [-0.39, 0.29) is 65.3 Å². The summed E-state index contributed by atoms with van der Waals surface area (Å²) >= 11 is 0. The van der Waals surface area contributed by atoms with Gasteiger partial charge in [0.1, 0.15) is 36.6 Å². The van der Waals surface area contributed by atoms with Crippen LogP contribution in [0.1, 0.15) is 106 Å². The SMILES string of the molecule is C[C@@H](CC[C@H](O)C(C)(C)O)[C@@H]1[C@H](O)C[C@]2(CO)[C@@H]3CC[C@@H]4C(C)(C)[C@@H](O[C@@H]5OC[C@H](O)[C@H](O)[C@@H]5O[C@@H]5OC[C@@H](O)[C@@H](O)[C@H]5O)CC[C@@]45C[C@@]35CC[C@]12C. The van der Waals surface area contributed by atoms with E-state index in [1.165, 1.54) is 0 Å². The first kappa shape index (κ1) is 40.7. The third-order valence-electron chi connectivity index (χ3n) is 16.9. The quantitative estimate of drug-likeness (QED) is 0.143. The topological polar surface area (TPSA) is 219 Å². The second-order valence-electron chi connectivity index (χ2n) is 20.0. The number of rotatable bonds is 10. The van der Waals surface area contributed by atoms with Crippen LogP contribution in [-0.2, 0) is 18.9 Å². The molecule has 0 aromatic heterocycles. The summed E-state index contributed by atoms with van der Waals surface area (Å²) in [5.74, 6) is 0.712. The number of aliphatic hydroxyl groups excluding tert-OH is 8. The lowest BCUT2D eigenvalue weighted by atomic mass is 9.41. The average molecular weight is 757 g/mol. The summed E-state index contributed by atoms with van der Waals surface area (Å²) in [7, 11) is 0. The van der Waals surface area contributed by atoms with Gasteiger partial charge in [0.25, 0.3) is 0 Å². The predicted molar refractivity (Wildman–Crippen MR) is 190 cm³/mol. The molecule has 0 unspecified atom stereocenters. The fourth-order valence-corrected chi connectivity index (χ4v) is 14.0. The number of fused-ring (bicyclic) bond motifs is 2. The Hall–Kier alpha value is -0.520. The second kappa shape index (κ2) is 13.8. The Morgan fingerprint density at radius 3 is 2.04 bits per heavy atom. The summed E-state index contributed by atoms with van der Waals surface area (Å²) in [6.07, 6.45) is -3.98. The summed E-state index contributed by atoms with van der Waals surface area (Å²) in [5.41, 5.74) is -1.99. The van der Waals surface area contributed by atoms with E-state index >= 15 is 0 Å². The molecule has 0 aromatic rings. The minimum absolute atomic E-state index is 0.0120. The highest BCUT2D eigenvalue weighted by molar-refractivity contribution is 5.31. The molecule has 2 aliphatic heterocycles. The first-order chi connectivity index (χ1) is 24.7. The second-order valence-corrected chi connectivity index (χ2v) is 20.0. The van der Waals surface area contributed by atoms with Crippen LogP contribution in [0.5, 0.6) is 0 Å².